The first kappa shape index (κ1) is 15.6. The summed E-state index contributed by atoms with van der Waals surface area (Å²) in [4.78, 5) is 23.9. The minimum atomic E-state index is -1.05. The summed E-state index contributed by atoms with van der Waals surface area (Å²) in [6.45, 7) is 1.37. The maximum absolute atomic E-state index is 12.4. The summed E-state index contributed by atoms with van der Waals surface area (Å²) in [5, 5.41) is 13.1. The number of nitrogens with zero attached hydrogens (tertiary/aromatic N) is 1. The van der Waals surface area contributed by atoms with Crippen molar-refractivity contribution in [3.8, 4) is 0 Å². The molecular weight excluding hydrogens is 296 g/mol. The lowest BCUT2D eigenvalue weighted by molar-refractivity contribution is -0.117. The van der Waals surface area contributed by atoms with Crippen molar-refractivity contribution in [1.82, 2.24) is 4.57 Å². The highest BCUT2D eigenvalue weighted by Crippen LogP contribution is 2.31. The molecule has 1 fully saturated rings. The van der Waals surface area contributed by atoms with Crippen LogP contribution >= 0.6 is 0 Å². The van der Waals surface area contributed by atoms with Crippen LogP contribution in [0.25, 0.3) is 10.9 Å². The molecule has 0 atom stereocenters. The number of carbonyl (C=O) groups excluding carboxylic acids is 1. The van der Waals surface area contributed by atoms with Gasteiger partial charge in [-0.1, -0.05) is 18.2 Å². The van der Waals surface area contributed by atoms with E-state index in [1.54, 1.807) is 11.6 Å². The van der Waals surface area contributed by atoms with E-state index in [1.165, 1.54) is 0 Å². The second kappa shape index (κ2) is 6.42. The number of amides is 1. The molecular formula is C17H20N2O4. The number of rotatable bonds is 4. The summed E-state index contributed by atoms with van der Waals surface area (Å²) < 4.78 is 6.90. The molecule has 1 aromatic heterocycles. The van der Waals surface area contributed by atoms with Crippen LogP contribution in [0.2, 0.25) is 0 Å². The second-order valence-electron chi connectivity index (χ2n) is 5.91. The van der Waals surface area contributed by atoms with E-state index in [0.717, 1.165) is 23.7 Å². The number of anilines is 1. The number of benzene rings is 1. The zero-order valence-electron chi connectivity index (χ0n) is 13.0. The van der Waals surface area contributed by atoms with E-state index in [9.17, 15) is 14.7 Å². The van der Waals surface area contributed by atoms with Gasteiger partial charge in [0.25, 0.3) is 0 Å². The molecule has 3 rings (SSSR count). The lowest BCUT2D eigenvalue weighted by Crippen LogP contribution is -2.23. The molecule has 0 unspecified atom stereocenters. The molecule has 1 saturated heterocycles. The lowest BCUT2D eigenvalue weighted by Gasteiger charge is -2.21. The first-order valence-corrected chi connectivity index (χ1v) is 7.76. The van der Waals surface area contributed by atoms with Gasteiger partial charge in [-0.25, -0.2) is 4.79 Å². The molecule has 122 valence electrons. The summed E-state index contributed by atoms with van der Waals surface area (Å²) in [5.41, 5.74) is 1.27. The number of aromatic nitrogens is 1. The minimum absolute atomic E-state index is 0.103. The van der Waals surface area contributed by atoms with Crippen LogP contribution in [0.3, 0.4) is 0 Å². The third-order valence-corrected chi connectivity index (χ3v) is 4.39. The van der Waals surface area contributed by atoms with Crippen molar-refractivity contribution in [1.29, 1.82) is 0 Å². The fourth-order valence-corrected chi connectivity index (χ4v) is 3.17. The molecule has 1 aliphatic heterocycles. The van der Waals surface area contributed by atoms with Crippen LogP contribution in [0.1, 0.15) is 29.8 Å². The number of fused-ring (bicyclic) bond motifs is 1. The van der Waals surface area contributed by atoms with Crippen molar-refractivity contribution >= 4 is 28.5 Å². The molecule has 6 heteroatoms. The molecule has 0 bridgehead atoms. The fourth-order valence-electron chi connectivity index (χ4n) is 3.17. The van der Waals surface area contributed by atoms with Crippen LogP contribution in [-0.2, 0) is 16.6 Å². The quantitative estimate of drug-likeness (QED) is 0.908. The number of hydrogen-bond donors (Lipinski definition) is 2. The van der Waals surface area contributed by atoms with Gasteiger partial charge in [-0.2, -0.15) is 0 Å². The van der Waals surface area contributed by atoms with Crippen LogP contribution in [0.5, 0.6) is 0 Å². The maximum Gasteiger partial charge on any atom is 0.354 e. The Labute approximate surface area is 134 Å². The smallest absolute Gasteiger partial charge is 0.354 e. The average Bonchev–Trinajstić information content (AvgIpc) is 2.81. The van der Waals surface area contributed by atoms with Gasteiger partial charge >= 0.3 is 5.97 Å². The predicted octanol–water partition coefficient (Wildman–Crippen LogP) is 2.63. The number of hydrogen-bond acceptors (Lipinski definition) is 3. The SMILES string of the molecule is Cn1c(C(=O)O)c(NC(=O)CC2CCOCC2)c2ccccc21. The Morgan fingerprint density at radius 1 is 1.30 bits per heavy atom. The van der Waals surface area contributed by atoms with E-state index in [4.69, 9.17) is 4.74 Å². The zero-order valence-corrected chi connectivity index (χ0v) is 13.0. The van der Waals surface area contributed by atoms with Gasteiger partial charge in [0.05, 0.1) is 11.2 Å². The Morgan fingerprint density at radius 3 is 2.70 bits per heavy atom. The van der Waals surface area contributed by atoms with Crippen molar-refractivity contribution in [2.24, 2.45) is 13.0 Å². The zero-order chi connectivity index (χ0) is 16.4. The van der Waals surface area contributed by atoms with Crippen molar-refractivity contribution in [2.75, 3.05) is 18.5 Å². The average molecular weight is 316 g/mol. The van der Waals surface area contributed by atoms with Gasteiger partial charge in [0.15, 0.2) is 5.69 Å². The Hall–Kier alpha value is -2.34. The highest BCUT2D eigenvalue weighted by Gasteiger charge is 2.23. The van der Waals surface area contributed by atoms with Crippen molar-refractivity contribution in [3.63, 3.8) is 0 Å². The molecule has 2 aromatic rings. The topological polar surface area (TPSA) is 80.6 Å². The monoisotopic (exact) mass is 316 g/mol. The van der Waals surface area contributed by atoms with Gasteiger partial charge in [-0.3, -0.25) is 4.79 Å². The molecule has 6 nitrogen and oxygen atoms in total. The standard InChI is InChI=1S/C17H20N2O4/c1-19-13-5-3-2-4-12(13)15(16(19)17(21)22)18-14(20)10-11-6-8-23-9-7-11/h2-5,11H,6-10H2,1H3,(H,18,20)(H,21,22). The summed E-state index contributed by atoms with van der Waals surface area (Å²) in [6.07, 6.45) is 2.13. The molecule has 2 heterocycles. The van der Waals surface area contributed by atoms with Crippen LogP contribution in [0.15, 0.2) is 24.3 Å². The number of aryl methyl sites for hydroxylation is 1. The highest BCUT2D eigenvalue weighted by atomic mass is 16.5. The summed E-state index contributed by atoms with van der Waals surface area (Å²) >= 11 is 0. The molecule has 2 N–H and O–H groups in total. The Morgan fingerprint density at radius 2 is 2.00 bits per heavy atom. The van der Waals surface area contributed by atoms with Crippen molar-refractivity contribution in [2.45, 2.75) is 19.3 Å². The first-order chi connectivity index (χ1) is 11.1. The van der Waals surface area contributed by atoms with Crippen molar-refractivity contribution < 1.29 is 19.4 Å². The van der Waals surface area contributed by atoms with E-state index < -0.39 is 5.97 Å². The summed E-state index contributed by atoms with van der Waals surface area (Å²) in [6, 6.07) is 7.35. The third kappa shape index (κ3) is 3.07. The molecule has 1 aliphatic rings. The number of carboxylic acids is 1. The molecule has 23 heavy (non-hydrogen) atoms. The van der Waals surface area contributed by atoms with E-state index in [1.807, 2.05) is 24.3 Å². The molecule has 0 saturated carbocycles. The minimum Gasteiger partial charge on any atom is -0.477 e. The normalized spacial score (nSPS) is 15.7. The van der Waals surface area contributed by atoms with E-state index in [-0.39, 0.29) is 11.6 Å². The molecule has 1 aromatic carbocycles. The Bertz CT molecular complexity index is 744. The Kier molecular flexibility index (Phi) is 4.34. The van der Waals surface area contributed by atoms with Gasteiger partial charge < -0.3 is 19.7 Å². The van der Waals surface area contributed by atoms with Gasteiger partial charge in [0.1, 0.15) is 0 Å². The van der Waals surface area contributed by atoms with Gasteiger partial charge in [-0.15, -0.1) is 0 Å². The second-order valence-corrected chi connectivity index (χ2v) is 5.91. The number of nitrogens with one attached hydrogen (secondary N) is 1. The molecule has 0 spiro atoms. The van der Waals surface area contributed by atoms with E-state index in [2.05, 4.69) is 5.32 Å². The number of ether oxygens (including phenoxy) is 1. The highest BCUT2D eigenvalue weighted by molar-refractivity contribution is 6.11. The van der Waals surface area contributed by atoms with E-state index >= 15 is 0 Å². The molecule has 1 amide bonds. The van der Waals surface area contributed by atoms with E-state index in [0.29, 0.717) is 31.2 Å². The van der Waals surface area contributed by atoms with Crippen LogP contribution in [0, 0.1) is 5.92 Å². The molecule has 0 radical (unpaired) electrons. The van der Waals surface area contributed by atoms with Crippen molar-refractivity contribution in [3.05, 3.63) is 30.0 Å². The number of aromatic carboxylic acids is 1. The summed E-state index contributed by atoms with van der Waals surface area (Å²) in [5.74, 6) is -0.896. The first-order valence-electron chi connectivity index (χ1n) is 7.76. The number of para-hydroxylation sites is 1. The molecule has 0 aliphatic carbocycles. The summed E-state index contributed by atoms with van der Waals surface area (Å²) in [7, 11) is 1.69. The maximum atomic E-state index is 12.4. The number of carbonyl (C=O) groups is 2. The predicted molar refractivity (Wildman–Crippen MR) is 86.7 cm³/mol. The van der Waals surface area contributed by atoms with Gasteiger partial charge in [-0.05, 0) is 24.8 Å². The van der Waals surface area contributed by atoms with Crippen LogP contribution in [0.4, 0.5) is 5.69 Å². The lowest BCUT2D eigenvalue weighted by atomic mass is 9.96. The fraction of sp³-hybridized carbons (Fsp3) is 0.412. The van der Waals surface area contributed by atoms with Gasteiger partial charge in [0.2, 0.25) is 5.91 Å². The number of carboxylic acid groups (broad SMARTS) is 1. The third-order valence-electron chi connectivity index (χ3n) is 4.39. The largest absolute Gasteiger partial charge is 0.477 e. The van der Waals surface area contributed by atoms with Crippen LogP contribution < -0.4 is 5.32 Å². The van der Waals surface area contributed by atoms with Crippen LogP contribution in [-0.4, -0.2) is 34.8 Å². The van der Waals surface area contributed by atoms with Gasteiger partial charge in [0, 0.05) is 32.1 Å². The Balaban J connectivity index is 1.88.